The van der Waals surface area contributed by atoms with E-state index in [0.717, 1.165) is 5.56 Å². The van der Waals surface area contributed by atoms with E-state index in [2.05, 4.69) is 4.18 Å². The van der Waals surface area contributed by atoms with Crippen LogP contribution >= 0.6 is 0 Å². The Bertz CT molecular complexity index is 701. The van der Waals surface area contributed by atoms with E-state index in [1.54, 1.807) is 19.1 Å². The minimum Gasteiger partial charge on any atom is -0.453 e. The highest BCUT2D eigenvalue weighted by Crippen LogP contribution is 2.26. The van der Waals surface area contributed by atoms with Crippen LogP contribution in [0.1, 0.15) is 15.9 Å². The van der Waals surface area contributed by atoms with E-state index < -0.39 is 53.7 Å². The highest BCUT2D eigenvalue weighted by molar-refractivity contribution is 7.80. The summed E-state index contributed by atoms with van der Waals surface area (Å²) in [6.07, 6.45) is -8.71. The molecule has 10 nitrogen and oxygen atoms in total. The third kappa shape index (κ3) is 4.95. The molecule has 0 saturated carbocycles. The zero-order chi connectivity index (χ0) is 18.8. The summed E-state index contributed by atoms with van der Waals surface area (Å²) in [5, 5.41) is 29.1. The summed E-state index contributed by atoms with van der Waals surface area (Å²) in [7, 11) is -5.05. The van der Waals surface area contributed by atoms with Gasteiger partial charge in [-0.3, -0.25) is 4.55 Å². The van der Waals surface area contributed by atoms with Crippen molar-refractivity contribution in [2.24, 2.45) is 0 Å². The fraction of sp³-hybridized carbons (Fsp3) is 0.500. The van der Waals surface area contributed by atoms with Gasteiger partial charge in [-0.1, -0.05) is 17.7 Å². The highest BCUT2D eigenvalue weighted by Gasteiger charge is 2.49. The maximum Gasteiger partial charge on any atom is 0.397 e. The number of aliphatic hydroxyl groups is 3. The lowest BCUT2D eigenvalue weighted by Crippen LogP contribution is -2.61. The molecule has 0 aliphatic carbocycles. The molecule has 4 N–H and O–H groups in total. The minimum atomic E-state index is -5.05. The Labute approximate surface area is 143 Å². The zero-order valence-corrected chi connectivity index (χ0v) is 13.9. The van der Waals surface area contributed by atoms with Gasteiger partial charge >= 0.3 is 16.4 Å². The fourth-order valence-electron chi connectivity index (χ4n) is 2.32. The molecule has 0 spiro atoms. The molecule has 1 aliphatic rings. The fourth-order valence-corrected chi connectivity index (χ4v) is 2.80. The van der Waals surface area contributed by atoms with E-state index in [1.807, 2.05) is 0 Å². The summed E-state index contributed by atoms with van der Waals surface area (Å²) in [6.45, 7) is 1.06. The molecule has 5 atom stereocenters. The number of carbonyl (C=O) groups excluding carboxylic acids is 1. The zero-order valence-electron chi connectivity index (χ0n) is 13.0. The van der Waals surface area contributed by atoms with Crippen molar-refractivity contribution in [2.75, 3.05) is 6.61 Å². The van der Waals surface area contributed by atoms with Crippen molar-refractivity contribution >= 4 is 16.4 Å². The van der Waals surface area contributed by atoms with Crippen LogP contribution in [0.25, 0.3) is 0 Å². The number of esters is 1. The van der Waals surface area contributed by atoms with Gasteiger partial charge < -0.3 is 24.8 Å². The van der Waals surface area contributed by atoms with Crippen LogP contribution in [0.2, 0.25) is 0 Å². The van der Waals surface area contributed by atoms with Crippen LogP contribution in [0.4, 0.5) is 0 Å². The molecule has 1 fully saturated rings. The maximum atomic E-state index is 12.2. The Morgan fingerprint density at radius 3 is 2.32 bits per heavy atom. The number of ether oxygens (including phenoxy) is 2. The van der Waals surface area contributed by atoms with E-state index in [9.17, 15) is 23.4 Å². The summed E-state index contributed by atoms with van der Waals surface area (Å²) in [5.41, 5.74) is 0.982. The van der Waals surface area contributed by atoms with Gasteiger partial charge in [0, 0.05) is 0 Å². The summed E-state index contributed by atoms with van der Waals surface area (Å²) in [5.74, 6) is -0.932. The molecule has 0 unspecified atom stereocenters. The quantitative estimate of drug-likeness (QED) is 0.361. The van der Waals surface area contributed by atoms with Crippen molar-refractivity contribution in [3.63, 3.8) is 0 Å². The van der Waals surface area contributed by atoms with E-state index in [4.69, 9.17) is 19.1 Å². The number of aliphatic hydroxyl groups excluding tert-OH is 3. The number of benzene rings is 1. The molecule has 0 bridgehead atoms. The molecule has 0 radical (unpaired) electrons. The molecule has 1 aliphatic heterocycles. The summed E-state index contributed by atoms with van der Waals surface area (Å²) in [6, 6.07) is 6.16. The number of aryl methyl sites for hydroxylation is 1. The predicted octanol–water partition coefficient (Wildman–Crippen LogP) is -1.22. The molecule has 0 amide bonds. The number of rotatable bonds is 5. The van der Waals surface area contributed by atoms with E-state index in [-0.39, 0.29) is 5.56 Å². The standard InChI is InChI=1S/C14H18O10S/c1-7-2-4-8(5-3-7)13(17)23-11-10(16)9(6-15)22-14(18)12(11)24-25(19,20)21/h2-5,9-12,14-16,18H,6H2,1H3,(H,19,20,21)/t9-,10+,11+,12+,14-/m1/s1. The molecule has 1 aromatic carbocycles. The van der Waals surface area contributed by atoms with Crippen molar-refractivity contribution in [3.8, 4) is 0 Å². The van der Waals surface area contributed by atoms with Crippen molar-refractivity contribution in [2.45, 2.75) is 37.6 Å². The second kappa shape index (κ2) is 7.74. The topological polar surface area (TPSA) is 160 Å². The van der Waals surface area contributed by atoms with Crippen molar-refractivity contribution < 1.29 is 46.7 Å². The van der Waals surface area contributed by atoms with Crippen LogP contribution in [-0.2, 0) is 24.1 Å². The first-order chi connectivity index (χ1) is 11.6. The average molecular weight is 378 g/mol. The first-order valence-corrected chi connectivity index (χ1v) is 8.54. The Hall–Kier alpha value is -1.60. The summed E-state index contributed by atoms with van der Waals surface area (Å²) >= 11 is 0. The SMILES string of the molecule is Cc1ccc(C(=O)O[C@H]2[C@@H](O)[C@@H](CO)O[C@@H](O)[C@H]2OS(=O)(=O)O)cc1. The lowest BCUT2D eigenvalue weighted by Gasteiger charge is -2.40. The van der Waals surface area contributed by atoms with Gasteiger partial charge in [-0.05, 0) is 19.1 Å². The van der Waals surface area contributed by atoms with Gasteiger partial charge in [-0.2, -0.15) is 8.42 Å². The molecular formula is C14H18O10S. The normalized spacial score (nSPS) is 30.0. The Morgan fingerprint density at radius 2 is 1.80 bits per heavy atom. The first-order valence-electron chi connectivity index (χ1n) is 7.18. The van der Waals surface area contributed by atoms with E-state index in [1.165, 1.54) is 12.1 Å². The van der Waals surface area contributed by atoms with Crippen LogP contribution in [0, 0.1) is 6.92 Å². The molecule has 1 saturated heterocycles. The molecular weight excluding hydrogens is 360 g/mol. The van der Waals surface area contributed by atoms with E-state index >= 15 is 0 Å². The molecule has 140 valence electrons. The molecule has 1 heterocycles. The minimum absolute atomic E-state index is 0.102. The first kappa shape index (κ1) is 19.7. The molecule has 2 rings (SSSR count). The van der Waals surface area contributed by atoms with Gasteiger partial charge in [0.15, 0.2) is 18.5 Å². The monoisotopic (exact) mass is 378 g/mol. The van der Waals surface area contributed by atoms with Gasteiger partial charge in [-0.15, -0.1) is 0 Å². The van der Waals surface area contributed by atoms with E-state index in [0.29, 0.717) is 0 Å². The molecule has 11 heteroatoms. The van der Waals surface area contributed by atoms with Crippen LogP contribution < -0.4 is 0 Å². The number of carbonyl (C=O) groups is 1. The van der Waals surface area contributed by atoms with Crippen LogP contribution in [-0.4, -0.2) is 71.6 Å². The Morgan fingerprint density at radius 1 is 1.20 bits per heavy atom. The van der Waals surface area contributed by atoms with Gasteiger partial charge in [0.1, 0.15) is 12.2 Å². The Kier molecular flexibility index (Phi) is 6.11. The van der Waals surface area contributed by atoms with Gasteiger partial charge in [0.2, 0.25) is 0 Å². The summed E-state index contributed by atoms with van der Waals surface area (Å²) < 4.78 is 44.8. The second-order valence-corrected chi connectivity index (χ2v) is 6.51. The molecule has 1 aromatic rings. The van der Waals surface area contributed by atoms with Crippen LogP contribution in [0.3, 0.4) is 0 Å². The van der Waals surface area contributed by atoms with Crippen molar-refractivity contribution in [1.29, 1.82) is 0 Å². The molecule has 25 heavy (non-hydrogen) atoms. The lowest BCUT2D eigenvalue weighted by molar-refractivity contribution is -0.280. The largest absolute Gasteiger partial charge is 0.453 e. The van der Waals surface area contributed by atoms with Crippen molar-refractivity contribution in [3.05, 3.63) is 35.4 Å². The average Bonchev–Trinajstić information content (AvgIpc) is 2.53. The molecule has 0 aromatic heterocycles. The number of hydrogen-bond donors (Lipinski definition) is 4. The van der Waals surface area contributed by atoms with Gasteiger partial charge in [-0.25, -0.2) is 8.98 Å². The lowest BCUT2D eigenvalue weighted by atomic mass is 9.99. The van der Waals surface area contributed by atoms with Crippen LogP contribution in [0.15, 0.2) is 24.3 Å². The van der Waals surface area contributed by atoms with Gasteiger partial charge in [0.05, 0.1) is 12.2 Å². The van der Waals surface area contributed by atoms with Gasteiger partial charge in [0.25, 0.3) is 0 Å². The maximum absolute atomic E-state index is 12.2. The highest BCUT2D eigenvalue weighted by atomic mass is 32.3. The Balaban J connectivity index is 2.26. The van der Waals surface area contributed by atoms with Crippen molar-refractivity contribution in [1.82, 2.24) is 0 Å². The smallest absolute Gasteiger partial charge is 0.397 e. The second-order valence-electron chi connectivity index (χ2n) is 5.46. The van der Waals surface area contributed by atoms with Crippen LogP contribution in [0.5, 0.6) is 0 Å². The summed E-state index contributed by atoms with van der Waals surface area (Å²) in [4.78, 5) is 12.2. The third-order valence-electron chi connectivity index (χ3n) is 3.58. The predicted molar refractivity (Wildman–Crippen MR) is 80.8 cm³/mol. The third-order valence-corrected chi connectivity index (χ3v) is 4.05. The number of hydrogen-bond acceptors (Lipinski definition) is 9.